The number of hydrogen-bond acceptors (Lipinski definition) is 4. The molecule has 130 valence electrons. The monoisotopic (exact) mass is 320 g/mol. The average molecular weight is 320 g/mol. The van der Waals surface area contributed by atoms with Gasteiger partial charge < -0.3 is 9.80 Å². The molecule has 0 aromatic rings. The van der Waals surface area contributed by atoms with Crippen LogP contribution in [0.5, 0.6) is 0 Å². The highest BCUT2D eigenvalue weighted by Crippen LogP contribution is 2.21. The van der Waals surface area contributed by atoms with Crippen LogP contribution >= 0.6 is 0 Å². The van der Waals surface area contributed by atoms with Gasteiger partial charge in [-0.2, -0.15) is 5.26 Å². The standard InChI is InChI=1S/C18H32N4O/c1-14(2)12-20-6-5-16(13-20)18(23)22-9-7-21(8-10-22)17(11-19)15(3)4/h14-17H,5-10,12-13H2,1-4H3/t16-,17+/m1/s1. The van der Waals surface area contributed by atoms with Crippen LogP contribution in [0, 0.1) is 29.1 Å². The predicted molar refractivity (Wildman–Crippen MR) is 91.8 cm³/mol. The van der Waals surface area contributed by atoms with E-state index in [1.807, 2.05) is 4.90 Å². The number of carbonyl (C=O) groups excluding carboxylic acids is 1. The second-order valence-electron chi connectivity index (χ2n) is 7.82. The van der Waals surface area contributed by atoms with Gasteiger partial charge in [0.25, 0.3) is 0 Å². The molecule has 2 fully saturated rings. The summed E-state index contributed by atoms with van der Waals surface area (Å²) in [4.78, 5) is 19.4. The zero-order chi connectivity index (χ0) is 17.0. The summed E-state index contributed by atoms with van der Waals surface area (Å²) in [6, 6.07) is 2.38. The van der Waals surface area contributed by atoms with Crippen LogP contribution in [0.2, 0.25) is 0 Å². The maximum atomic E-state index is 12.7. The fourth-order valence-corrected chi connectivity index (χ4v) is 3.85. The Balaban J connectivity index is 1.81. The largest absolute Gasteiger partial charge is 0.340 e. The summed E-state index contributed by atoms with van der Waals surface area (Å²) in [6.07, 6.45) is 0.999. The van der Waals surface area contributed by atoms with E-state index in [0.29, 0.717) is 17.7 Å². The minimum absolute atomic E-state index is 0.0275. The second kappa shape index (κ2) is 8.12. The fraction of sp³-hybridized carbons (Fsp3) is 0.889. The lowest BCUT2D eigenvalue weighted by atomic mass is 10.0. The number of nitrogens with zero attached hydrogens (tertiary/aromatic N) is 4. The lowest BCUT2D eigenvalue weighted by Crippen LogP contribution is -2.54. The maximum Gasteiger partial charge on any atom is 0.227 e. The van der Waals surface area contributed by atoms with Crippen molar-refractivity contribution >= 4 is 5.91 Å². The molecule has 0 aromatic carbocycles. The highest BCUT2D eigenvalue weighted by atomic mass is 16.2. The van der Waals surface area contributed by atoms with E-state index in [-0.39, 0.29) is 12.0 Å². The van der Waals surface area contributed by atoms with Gasteiger partial charge in [-0.1, -0.05) is 27.7 Å². The van der Waals surface area contributed by atoms with E-state index in [1.165, 1.54) is 0 Å². The molecule has 2 aliphatic heterocycles. The summed E-state index contributed by atoms with van der Waals surface area (Å²) < 4.78 is 0. The van der Waals surface area contributed by atoms with Crippen molar-refractivity contribution in [1.82, 2.24) is 14.7 Å². The van der Waals surface area contributed by atoms with Crippen molar-refractivity contribution in [2.45, 2.75) is 40.2 Å². The molecule has 23 heavy (non-hydrogen) atoms. The highest BCUT2D eigenvalue weighted by molar-refractivity contribution is 5.79. The van der Waals surface area contributed by atoms with E-state index < -0.39 is 0 Å². The SMILES string of the molecule is CC(C)CN1CC[C@@H](C(=O)N2CCN([C@@H](C#N)C(C)C)CC2)C1. The van der Waals surface area contributed by atoms with Crippen LogP contribution in [-0.2, 0) is 4.79 Å². The van der Waals surface area contributed by atoms with Crippen LogP contribution in [-0.4, -0.2) is 72.5 Å². The van der Waals surface area contributed by atoms with Crippen LogP contribution in [0.25, 0.3) is 0 Å². The molecule has 0 N–H and O–H groups in total. The third-order valence-electron chi connectivity index (χ3n) is 5.03. The van der Waals surface area contributed by atoms with Gasteiger partial charge in [0.05, 0.1) is 12.0 Å². The van der Waals surface area contributed by atoms with Crippen LogP contribution in [0.1, 0.15) is 34.1 Å². The fourth-order valence-electron chi connectivity index (χ4n) is 3.85. The lowest BCUT2D eigenvalue weighted by Gasteiger charge is -2.39. The van der Waals surface area contributed by atoms with E-state index in [1.54, 1.807) is 0 Å². The van der Waals surface area contributed by atoms with E-state index in [2.05, 4.69) is 43.6 Å². The molecule has 0 radical (unpaired) electrons. The first-order valence-electron chi connectivity index (χ1n) is 9.07. The Morgan fingerprint density at radius 2 is 1.78 bits per heavy atom. The van der Waals surface area contributed by atoms with Gasteiger partial charge in [0.2, 0.25) is 5.91 Å². The van der Waals surface area contributed by atoms with Gasteiger partial charge in [0, 0.05) is 39.3 Å². The van der Waals surface area contributed by atoms with Gasteiger partial charge in [-0.25, -0.2) is 0 Å². The topological polar surface area (TPSA) is 50.6 Å². The Labute approximate surface area is 141 Å². The molecule has 0 aliphatic carbocycles. The Hall–Kier alpha value is -1.12. The molecule has 2 rings (SSSR count). The quantitative estimate of drug-likeness (QED) is 0.773. The molecule has 2 aliphatic rings. The number of amides is 1. The molecular formula is C18H32N4O. The van der Waals surface area contributed by atoms with Crippen molar-refractivity contribution in [2.75, 3.05) is 45.8 Å². The molecule has 5 heteroatoms. The third-order valence-corrected chi connectivity index (χ3v) is 5.03. The summed E-state index contributed by atoms with van der Waals surface area (Å²) in [7, 11) is 0. The summed E-state index contributed by atoms with van der Waals surface area (Å²) in [6.45, 7) is 14.9. The van der Waals surface area contributed by atoms with Gasteiger partial charge >= 0.3 is 0 Å². The molecule has 0 spiro atoms. The van der Waals surface area contributed by atoms with Crippen LogP contribution < -0.4 is 0 Å². The first kappa shape index (κ1) is 18.2. The van der Waals surface area contributed by atoms with E-state index >= 15 is 0 Å². The van der Waals surface area contributed by atoms with E-state index in [9.17, 15) is 10.1 Å². The minimum Gasteiger partial charge on any atom is -0.340 e. The number of nitriles is 1. The van der Waals surface area contributed by atoms with Gasteiger partial charge in [-0.05, 0) is 24.8 Å². The van der Waals surface area contributed by atoms with Crippen LogP contribution in [0.15, 0.2) is 0 Å². The minimum atomic E-state index is -0.0275. The van der Waals surface area contributed by atoms with Crippen LogP contribution in [0.3, 0.4) is 0 Å². The molecule has 0 aromatic heterocycles. The summed E-state index contributed by atoms with van der Waals surface area (Å²) in [5, 5.41) is 9.32. The van der Waals surface area contributed by atoms with Gasteiger partial charge in [0.1, 0.15) is 6.04 Å². The van der Waals surface area contributed by atoms with Crippen LogP contribution in [0.4, 0.5) is 0 Å². The van der Waals surface area contributed by atoms with Crippen molar-refractivity contribution in [3.05, 3.63) is 0 Å². The van der Waals surface area contributed by atoms with Gasteiger partial charge in [0.15, 0.2) is 0 Å². The lowest BCUT2D eigenvalue weighted by molar-refractivity contribution is -0.137. The smallest absolute Gasteiger partial charge is 0.227 e. The third kappa shape index (κ3) is 4.68. The molecule has 5 nitrogen and oxygen atoms in total. The molecule has 0 bridgehead atoms. The molecule has 1 amide bonds. The molecule has 2 saturated heterocycles. The Morgan fingerprint density at radius 1 is 1.13 bits per heavy atom. The Morgan fingerprint density at radius 3 is 2.30 bits per heavy atom. The second-order valence-corrected chi connectivity index (χ2v) is 7.82. The zero-order valence-electron chi connectivity index (χ0n) is 15.2. The maximum absolute atomic E-state index is 12.7. The van der Waals surface area contributed by atoms with Crippen molar-refractivity contribution in [2.24, 2.45) is 17.8 Å². The highest BCUT2D eigenvalue weighted by Gasteiger charge is 2.34. The van der Waals surface area contributed by atoms with Gasteiger partial charge in [-0.15, -0.1) is 0 Å². The van der Waals surface area contributed by atoms with Crippen molar-refractivity contribution in [3.63, 3.8) is 0 Å². The number of piperazine rings is 1. The number of hydrogen-bond donors (Lipinski definition) is 0. The molecule has 0 saturated carbocycles. The molecule has 2 atom stereocenters. The van der Waals surface area contributed by atoms with Crippen molar-refractivity contribution in [1.29, 1.82) is 5.26 Å². The summed E-state index contributed by atoms with van der Waals surface area (Å²) >= 11 is 0. The number of rotatable bonds is 5. The first-order valence-corrected chi connectivity index (χ1v) is 9.07. The van der Waals surface area contributed by atoms with Crippen molar-refractivity contribution < 1.29 is 4.79 Å². The normalized spacial score (nSPS) is 25.1. The zero-order valence-corrected chi connectivity index (χ0v) is 15.2. The van der Waals surface area contributed by atoms with Crippen molar-refractivity contribution in [3.8, 4) is 6.07 Å². The van der Waals surface area contributed by atoms with Gasteiger partial charge in [-0.3, -0.25) is 9.69 Å². The average Bonchev–Trinajstić information content (AvgIpc) is 2.95. The molecule has 2 heterocycles. The molecule has 0 unspecified atom stereocenters. The van der Waals surface area contributed by atoms with E-state index in [4.69, 9.17) is 0 Å². The first-order chi connectivity index (χ1) is 10.9. The van der Waals surface area contributed by atoms with E-state index in [0.717, 1.165) is 52.2 Å². The predicted octanol–water partition coefficient (Wildman–Crippen LogP) is 1.66. The summed E-state index contributed by atoms with van der Waals surface area (Å²) in [5.41, 5.74) is 0. The summed E-state index contributed by atoms with van der Waals surface area (Å²) in [5.74, 6) is 1.50. The Bertz CT molecular complexity index is 435. The molecular weight excluding hydrogens is 288 g/mol. The Kier molecular flexibility index (Phi) is 6.43. The number of likely N-dealkylation sites (tertiary alicyclic amines) is 1. The number of carbonyl (C=O) groups is 1.